The number of nitro groups is 1. The molecule has 0 saturated heterocycles. The molecule has 0 saturated carbocycles. The number of hydrogen-bond donors (Lipinski definition) is 3. The van der Waals surface area contributed by atoms with Gasteiger partial charge in [-0.2, -0.15) is 9.37 Å². The van der Waals surface area contributed by atoms with Crippen LogP contribution in [0.2, 0.25) is 0 Å². The van der Waals surface area contributed by atoms with Crippen molar-refractivity contribution in [2.45, 2.75) is 6.42 Å². The van der Waals surface area contributed by atoms with Crippen molar-refractivity contribution in [2.24, 2.45) is 0 Å². The van der Waals surface area contributed by atoms with Crippen LogP contribution in [0.15, 0.2) is 48.8 Å². The van der Waals surface area contributed by atoms with Crippen LogP contribution in [0.5, 0.6) is 0 Å². The van der Waals surface area contributed by atoms with Crippen molar-refractivity contribution in [3.8, 4) is 11.3 Å². The average Bonchev–Trinajstić information content (AvgIpc) is 2.70. The van der Waals surface area contributed by atoms with E-state index < -0.39 is 16.4 Å². The molecule has 0 spiro atoms. The van der Waals surface area contributed by atoms with Gasteiger partial charge in [-0.3, -0.25) is 15.1 Å². The van der Waals surface area contributed by atoms with Crippen molar-refractivity contribution in [1.82, 2.24) is 15.0 Å². The largest absolute Gasteiger partial charge is 0.396 e. The van der Waals surface area contributed by atoms with E-state index in [-0.39, 0.29) is 6.61 Å². The summed E-state index contributed by atoms with van der Waals surface area (Å²) in [5.41, 5.74) is 1.01. The summed E-state index contributed by atoms with van der Waals surface area (Å²) in [5, 5.41) is 25.8. The van der Waals surface area contributed by atoms with E-state index in [1.807, 2.05) is 6.07 Å². The van der Waals surface area contributed by atoms with Crippen LogP contribution in [-0.4, -0.2) is 38.1 Å². The molecular weight excluding hydrogens is 367 g/mol. The Morgan fingerprint density at radius 1 is 1.21 bits per heavy atom. The topological polar surface area (TPSA) is 126 Å². The van der Waals surface area contributed by atoms with Crippen molar-refractivity contribution < 1.29 is 14.4 Å². The summed E-state index contributed by atoms with van der Waals surface area (Å²) < 4.78 is 13.5. The lowest BCUT2D eigenvalue weighted by Crippen LogP contribution is -2.09. The summed E-state index contributed by atoms with van der Waals surface area (Å²) in [4.78, 5) is 23.0. The summed E-state index contributed by atoms with van der Waals surface area (Å²) >= 11 is 0. The molecule has 0 aliphatic heterocycles. The molecule has 3 N–H and O–H groups in total. The molecule has 3 aromatic rings. The molecule has 3 rings (SSSR count). The number of pyridine rings is 1. The first-order valence-corrected chi connectivity index (χ1v) is 8.42. The Bertz CT molecular complexity index is 971. The number of hydrogen-bond acceptors (Lipinski definition) is 8. The molecule has 0 aliphatic carbocycles. The highest BCUT2D eigenvalue weighted by molar-refractivity contribution is 5.67. The van der Waals surface area contributed by atoms with Crippen molar-refractivity contribution in [1.29, 1.82) is 0 Å². The molecule has 144 valence electrons. The van der Waals surface area contributed by atoms with Gasteiger partial charge < -0.3 is 15.7 Å². The smallest absolute Gasteiger partial charge is 0.306 e. The molecule has 0 aliphatic rings. The highest BCUT2D eigenvalue weighted by Crippen LogP contribution is 2.26. The fraction of sp³-hybridized carbons (Fsp3) is 0.167. The molecule has 0 bridgehead atoms. The van der Waals surface area contributed by atoms with Crippen LogP contribution in [0.1, 0.15) is 6.42 Å². The van der Waals surface area contributed by atoms with Crippen molar-refractivity contribution in [2.75, 3.05) is 23.8 Å². The molecule has 1 aromatic carbocycles. The third-order valence-corrected chi connectivity index (χ3v) is 3.72. The van der Waals surface area contributed by atoms with E-state index in [4.69, 9.17) is 5.11 Å². The molecule has 2 aromatic heterocycles. The molecule has 9 nitrogen and oxygen atoms in total. The fourth-order valence-corrected chi connectivity index (χ4v) is 2.41. The van der Waals surface area contributed by atoms with E-state index in [1.165, 1.54) is 6.07 Å². The van der Waals surface area contributed by atoms with Gasteiger partial charge in [0.15, 0.2) is 0 Å². The fourth-order valence-electron chi connectivity index (χ4n) is 2.41. The van der Waals surface area contributed by atoms with E-state index in [0.29, 0.717) is 36.1 Å². The third-order valence-electron chi connectivity index (χ3n) is 3.72. The lowest BCUT2D eigenvalue weighted by atomic mass is 10.2. The number of rotatable bonds is 8. The molecule has 2 heterocycles. The monoisotopic (exact) mass is 384 g/mol. The number of aliphatic hydroxyl groups is 1. The highest BCUT2D eigenvalue weighted by Gasteiger charge is 2.15. The standard InChI is InChI=1S/C18H17FN6O3/c19-14-5-4-13(9-16(14)25(27)28)22-17-10-15(12-3-1-6-20-11-12)23-18(24-17)21-7-2-8-26/h1,3-6,9-11,26H,2,7-8H2,(H2,21,22,23,24). The number of halogens is 1. The van der Waals surface area contributed by atoms with Crippen LogP contribution in [-0.2, 0) is 0 Å². The Hall–Kier alpha value is -3.66. The molecule has 0 atom stereocenters. The SMILES string of the molecule is O=[N+]([O-])c1cc(Nc2cc(-c3cccnc3)nc(NCCCO)n2)ccc1F. The molecular formula is C18H17FN6O3. The van der Waals surface area contributed by atoms with Gasteiger partial charge in [0, 0.05) is 48.9 Å². The number of anilines is 3. The zero-order chi connectivity index (χ0) is 19.9. The number of nitrogens with zero attached hydrogens (tertiary/aromatic N) is 4. The maximum Gasteiger partial charge on any atom is 0.306 e. The van der Waals surface area contributed by atoms with Crippen LogP contribution in [0, 0.1) is 15.9 Å². The summed E-state index contributed by atoms with van der Waals surface area (Å²) in [6, 6.07) is 8.76. The van der Waals surface area contributed by atoms with Crippen LogP contribution in [0.25, 0.3) is 11.3 Å². The maximum absolute atomic E-state index is 13.5. The number of aliphatic hydroxyl groups excluding tert-OH is 1. The second-order valence-electron chi connectivity index (χ2n) is 5.76. The minimum atomic E-state index is -0.916. The first-order valence-electron chi connectivity index (χ1n) is 8.42. The van der Waals surface area contributed by atoms with Crippen molar-refractivity contribution >= 4 is 23.1 Å². The summed E-state index contributed by atoms with van der Waals surface area (Å²) in [6.45, 7) is 0.494. The van der Waals surface area contributed by atoms with Gasteiger partial charge in [0.05, 0.1) is 10.6 Å². The number of nitro benzene ring substituents is 1. The Morgan fingerprint density at radius 2 is 2.07 bits per heavy atom. The lowest BCUT2D eigenvalue weighted by molar-refractivity contribution is -0.387. The quantitative estimate of drug-likeness (QED) is 0.307. The van der Waals surface area contributed by atoms with Gasteiger partial charge in [-0.15, -0.1) is 0 Å². The number of benzene rings is 1. The Morgan fingerprint density at radius 3 is 2.79 bits per heavy atom. The van der Waals surface area contributed by atoms with Gasteiger partial charge in [-0.05, 0) is 30.7 Å². The Kier molecular flexibility index (Phi) is 6.02. The van der Waals surface area contributed by atoms with Crippen LogP contribution in [0.3, 0.4) is 0 Å². The van der Waals surface area contributed by atoms with Crippen LogP contribution in [0.4, 0.5) is 27.5 Å². The average molecular weight is 384 g/mol. The van der Waals surface area contributed by atoms with E-state index in [2.05, 4.69) is 25.6 Å². The van der Waals surface area contributed by atoms with E-state index in [1.54, 1.807) is 24.5 Å². The van der Waals surface area contributed by atoms with Crippen LogP contribution < -0.4 is 10.6 Å². The minimum absolute atomic E-state index is 0.0274. The summed E-state index contributed by atoms with van der Waals surface area (Å²) in [5.74, 6) is -0.240. The third kappa shape index (κ3) is 4.74. The van der Waals surface area contributed by atoms with Crippen molar-refractivity contribution in [3.05, 3.63) is 64.7 Å². The van der Waals surface area contributed by atoms with E-state index >= 15 is 0 Å². The van der Waals surface area contributed by atoms with Gasteiger partial charge in [0.25, 0.3) is 0 Å². The summed E-state index contributed by atoms with van der Waals surface area (Å²) in [6.07, 6.45) is 3.81. The first kappa shape index (κ1) is 19.1. The Balaban J connectivity index is 1.94. The van der Waals surface area contributed by atoms with Gasteiger partial charge in [0.1, 0.15) is 5.82 Å². The first-order chi connectivity index (χ1) is 13.6. The van der Waals surface area contributed by atoms with E-state index in [0.717, 1.165) is 17.7 Å². The normalized spacial score (nSPS) is 10.5. The molecule has 0 amide bonds. The Labute approximate surface area is 159 Å². The predicted molar refractivity (Wildman–Crippen MR) is 102 cm³/mol. The lowest BCUT2D eigenvalue weighted by Gasteiger charge is -2.11. The van der Waals surface area contributed by atoms with Crippen molar-refractivity contribution in [3.63, 3.8) is 0 Å². The maximum atomic E-state index is 13.5. The second kappa shape index (κ2) is 8.82. The minimum Gasteiger partial charge on any atom is -0.396 e. The second-order valence-corrected chi connectivity index (χ2v) is 5.76. The number of nitrogens with one attached hydrogen (secondary N) is 2. The molecule has 0 radical (unpaired) electrons. The van der Waals surface area contributed by atoms with E-state index in [9.17, 15) is 14.5 Å². The van der Waals surface area contributed by atoms with Gasteiger partial charge in [0.2, 0.25) is 11.8 Å². The molecule has 0 fully saturated rings. The van der Waals surface area contributed by atoms with Gasteiger partial charge in [-0.25, -0.2) is 4.98 Å². The number of aromatic nitrogens is 3. The molecule has 28 heavy (non-hydrogen) atoms. The predicted octanol–water partition coefficient (Wildman–Crippen LogP) is 3.12. The highest BCUT2D eigenvalue weighted by atomic mass is 19.1. The zero-order valence-corrected chi connectivity index (χ0v) is 14.7. The molecule has 0 unspecified atom stereocenters. The van der Waals surface area contributed by atoms with Crippen LogP contribution >= 0.6 is 0 Å². The van der Waals surface area contributed by atoms with Gasteiger partial charge in [-0.1, -0.05) is 0 Å². The van der Waals surface area contributed by atoms with Gasteiger partial charge >= 0.3 is 5.69 Å². The molecule has 10 heteroatoms. The summed E-state index contributed by atoms with van der Waals surface area (Å²) in [7, 11) is 0. The zero-order valence-electron chi connectivity index (χ0n) is 14.7.